The molecule has 0 aromatic heterocycles. The molecule has 0 saturated heterocycles. The van der Waals surface area contributed by atoms with Gasteiger partial charge < -0.3 is 16.4 Å². The van der Waals surface area contributed by atoms with Crippen LogP contribution >= 0.6 is 0 Å². The van der Waals surface area contributed by atoms with Crippen LogP contribution in [0.1, 0.15) is 42.2 Å². The van der Waals surface area contributed by atoms with E-state index < -0.39 is 5.91 Å². The molecule has 6 nitrogen and oxygen atoms in total. The van der Waals surface area contributed by atoms with Crippen molar-refractivity contribution in [3.8, 4) is 0 Å². The average Bonchev–Trinajstić information content (AvgIpc) is 2.84. The minimum Gasteiger partial charge on any atom is -0.397 e. The van der Waals surface area contributed by atoms with Gasteiger partial charge in [0.05, 0.1) is 28.1 Å². The fourth-order valence-corrected chi connectivity index (χ4v) is 4.00. The summed E-state index contributed by atoms with van der Waals surface area (Å²) in [5.41, 5.74) is 8.88. The van der Waals surface area contributed by atoms with E-state index in [0.717, 1.165) is 0 Å². The van der Waals surface area contributed by atoms with E-state index in [9.17, 15) is 14.4 Å². The summed E-state index contributed by atoms with van der Waals surface area (Å²) in [7, 11) is 0. The zero-order valence-electron chi connectivity index (χ0n) is 17.5. The molecule has 1 aliphatic carbocycles. The minimum absolute atomic E-state index is 0.0232. The lowest BCUT2D eigenvalue weighted by atomic mass is 9.81. The SMILES string of the molecule is Nc1c(C(=O)Nc2ccccc2)cc(Nc2ccccc2)c2c1C(=O)c1ccccc1C2=O. The Labute approximate surface area is 190 Å². The molecule has 6 heteroatoms. The van der Waals surface area contributed by atoms with Crippen molar-refractivity contribution in [2.75, 3.05) is 16.4 Å². The second-order valence-corrected chi connectivity index (χ2v) is 7.65. The summed E-state index contributed by atoms with van der Waals surface area (Å²) in [5.74, 6) is -1.18. The lowest BCUT2D eigenvalue weighted by Crippen LogP contribution is -2.26. The van der Waals surface area contributed by atoms with Crippen molar-refractivity contribution in [3.05, 3.63) is 119 Å². The Bertz CT molecular complexity index is 1410. The monoisotopic (exact) mass is 433 g/mol. The molecular weight excluding hydrogens is 414 g/mol. The smallest absolute Gasteiger partial charge is 0.257 e. The average molecular weight is 433 g/mol. The van der Waals surface area contributed by atoms with Crippen LogP contribution in [-0.4, -0.2) is 17.5 Å². The Balaban J connectivity index is 1.69. The second-order valence-electron chi connectivity index (χ2n) is 7.65. The van der Waals surface area contributed by atoms with Crippen molar-refractivity contribution in [1.29, 1.82) is 0 Å². The molecule has 160 valence electrons. The van der Waals surface area contributed by atoms with Crippen molar-refractivity contribution in [2.24, 2.45) is 0 Å². The molecule has 0 spiro atoms. The van der Waals surface area contributed by atoms with Crippen LogP contribution in [0.2, 0.25) is 0 Å². The topological polar surface area (TPSA) is 101 Å². The first kappa shape index (κ1) is 20.2. The summed E-state index contributed by atoms with van der Waals surface area (Å²) >= 11 is 0. The summed E-state index contributed by atoms with van der Waals surface area (Å²) in [6.07, 6.45) is 0. The van der Waals surface area contributed by atoms with Gasteiger partial charge in [0.2, 0.25) is 0 Å². The molecule has 33 heavy (non-hydrogen) atoms. The van der Waals surface area contributed by atoms with E-state index in [2.05, 4.69) is 10.6 Å². The molecule has 1 aliphatic rings. The number of hydrogen-bond acceptors (Lipinski definition) is 5. The Morgan fingerprint density at radius 2 is 1.18 bits per heavy atom. The molecule has 4 N–H and O–H groups in total. The number of hydrogen-bond donors (Lipinski definition) is 3. The van der Waals surface area contributed by atoms with Crippen molar-refractivity contribution < 1.29 is 14.4 Å². The minimum atomic E-state index is -0.475. The number of nitrogens with one attached hydrogen (secondary N) is 2. The van der Waals surface area contributed by atoms with Gasteiger partial charge in [0.1, 0.15) is 0 Å². The molecule has 0 heterocycles. The Kier molecular flexibility index (Phi) is 4.95. The number of fused-ring (bicyclic) bond motifs is 2. The maximum absolute atomic E-state index is 13.4. The Morgan fingerprint density at radius 1 is 0.667 bits per heavy atom. The van der Waals surface area contributed by atoms with Crippen LogP contribution in [0.25, 0.3) is 0 Å². The van der Waals surface area contributed by atoms with Gasteiger partial charge in [0, 0.05) is 22.5 Å². The predicted octanol–water partition coefficient (Wildman–Crippen LogP) is 5.04. The van der Waals surface area contributed by atoms with Crippen LogP contribution in [0.4, 0.5) is 22.7 Å². The first-order valence-corrected chi connectivity index (χ1v) is 10.4. The number of carbonyl (C=O) groups is 3. The highest BCUT2D eigenvalue weighted by Crippen LogP contribution is 2.38. The molecule has 0 fully saturated rings. The zero-order valence-corrected chi connectivity index (χ0v) is 17.5. The number of nitrogen functional groups attached to an aromatic ring is 1. The van der Waals surface area contributed by atoms with Gasteiger partial charge in [-0.05, 0) is 30.3 Å². The van der Waals surface area contributed by atoms with Gasteiger partial charge in [-0.25, -0.2) is 0 Å². The molecule has 5 rings (SSSR count). The van der Waals surface area contributed by atoms with Crippen LogP contribution in [0, 0.1) is 0 Å². The molecule has 0 atom stereocenters. The number of rotatable bonds is 4. The number of anilines is 4. The van der Waals surface area contributed by atoms with Gasteiger partial charge in [-0.15, -0.1) is 0 Å². The third-order valence-corrected chi connectivity index (χ3v) is 5.57. The maximum atomic E-state index is 13.4. The Hall–Kier alpha value is -4.71. The van der Waals surface area contributed by atoms with Gasteiger partial charge in [0.15, 0.2) is 11.6 Å². The molecule has 0 aliphatic heterocycles. The zero-order chi connectivity index (χ0) is 22.9. The number of nitrogens with two attached hydrogens (primary N) is 1. The third kappa shape index (κ3) is 3.53. The molecule has 0 radical (unpaired) electrons. The van der Waals surface area contributed by atoms with Crippen LogP contribution in [-0.2, 0) is 0 Å². The molecule has 4 aromatic carbocycles. The van der Waals surface area contributed by atoms with Gasteiger partial charge in [-0.1, -0.05) is 60.7 Å². The standard InChI is InChI=1S/C27H19N3O3/c28-24-20(27(33)30-17-11-5-2-6-12-17)15-21(29-16-9-3-1-4-10-16)22-23(24)26(32)19-14-8-7-13-18(19)25(22)31/h1-15,29H,28H2,(H,30,33). The summed E-state index contributed by atoms with van der Waals surface area (Å²) in [4.78, 5) is 40.0. The molecule has 0 unspecified atom stereocenters. The summed E-state index contributed by atoms with van der Waals surface area (Å²) in [5, 5.41) is 5.99. The summed E-state index contributed by atoms with van der Waals surface area (Å²) < 4.78 is 0. The summed E-state index contributed by atoms with van der Waals surface area (Å²) in [6, 6.07) is 26.3. The highest BCUT2D eigenvalue weighted by molar-refractivity contribution is 6.33. The van der Waals surface area contributed by atoms with E-state index in [1.165, 1.54) is 6.07 Å². The molecule has 4 aromatic rings. The van der Waals surface area contributed by atoms with E-state index in [1.807, 2.05) is 36.4 Å². The van der Waals surface area contributed by atoms with Crippen LogP contribution in [0.3, 0.4) is 0 Å². The number of carbonyl (C=O) groups excluding carboxylic acids is 3. The highest BCUT2D eigenvalue weighted by atomic mass is 16.2. The number of amides is 1. The number of ketones is 2. The molecule has 0 saturated carbocycles. The maximum Gasteiger partial charge on any atom is 0.257 e. The predicted molar refractivity (Wildman–Crippen MR) is 128 cm³/mol. The van der Waals surface area contributed by atoms with Crippen LogP contribution in [0.15, 0.2) is 91.0 Å². The first-order valence-electron chi connectivity index (χ1n) is 10.4. The van der Waals surface area contributed by atoms with Crippen molar-refractivity contribution in [1.82, 2.24) is 0 Å². The van der Waals surface area contributed by atoms with E-state index in [4.69, 9.17) is 5.73 Å². The van der Waals surface area contributed by atoms with Crippen molar-refractivity contribution in [3.63, 3.8) is 0 Å². The highest BCUT2D eigenvalue weighted by Gasteiger charge is 2.35. The number of benzene rings is 4. The van der Waals surface area contributed by atoms with Crippen LogP contribution in [0.5, 0.6) is 0 Å². The van der Waals surface area contributed by atoms with E-state index in [0.29, 0.717) is 22.6 Å². The third-order valence-electron chi connectivity index (χ3n) is 5.57. The molecule has 1 amide bonds. The van der Waals surface area contributed by atoms with Crippen LogP contribution < -0.4 is 16.4 Å². The largest absolute Gasteiger partial charge is 0.397 e. The van der Waals surface area contributed by atoms with E-state index in [1.54, 1.807) is 48.5 Å². The fourth-order valence-electron chi connectivity index (χ4n) is 4.00. The quantitative estimate of drug-likeness (QED) is 0.345. The normalized spacial score (nSPS) is 12.0. The van der Waals surface area contributed by atoms with E-state index in [-0.39, 0.29) is 39.5 Å². The Morgan fingerprint density at radius 3 is 1.79 bits per heavy atom. The number of para-hydroxylation sites is 2. The lowest BCUT2D eigenvalue weighted by molar-refractivity contribution is 0.0979. The lowest BCUT2D eigenvalue weighted by Gasteiger charge is -2.24. The fraction of sp³-hybridized carbons (Fsp3) is 0. The van der Waals surface area contributed by atoms with Crippen molar-refractivity contribution in [2.45, 2.75) is 0 Å². The van der Waals surface area contributed by atoms with E-state index >= 15 is 0 Å². The van der Waals surface area contributed by atoms with Gasteiger partial charge in [0.25, 0.3) is 5.91 Å². The second kappa shape index (κ2) is 8.09. The van der Waals surface area contributed by atoms with Crippen molar-refractivity contribution >= 4 is 40.2 Å². The first-order chi connectivity index (χ1) is 16.0. The molecular formula is C27H19N3O3. The summed E-state index contributed by atoms with van der Waals surface area (Å²) in [6.45, 7) is 0. The van der Waals surface area contributed by atoms with Gasteiger partial charge >= 0.3 is 0 Å². The van der Waals surface area contributed by atoms with Gasteiger partial charge in [-0.2, -0.15) is 0 Å². The molecule has 0 bridgehead atoms. The van der Waals surface area contributed by atoms with Gasteiger partial charge in [-0.3, -0.25) is 14.4 Å².